The largest absolute Gasteiger partial charge is 0.476 e. The number of aromatic carboxylic acids is 1. The summed E-state index contributed by atoms with van der Waals surface area (Å²) < 4.78 is 5.23. The number of carbonyl (C=O) groups excluding carboxylic acids is 1. The fourth-order valence-electron chi connectivity index (χ4n) is 1.90. The summed E-state index contributed by atoms with van der Waals surface area (Å²) in [4.78, 5) is 32.4. The van der Waals surface area contributed by atoms with E-state index in [-0.39, 0.29) is 11.4 Å². The summed E-state index contributed by atoms with van der Waals surface area (Å²) in [5.74, 6) is -1.79. The summed E-state index contributed by atoms with van der Waals surface area (Å²) >= 11 is 0. The predicted molar refractivity (Wildman–Crippen MR) is 68.6 cm³/mol. The second-order valence-electron chi connectivity index (χ2n) is 4.27. The van der Waals surface area contributed by atoms with Crippen molar-refractivity contribution in [1.82, 2.24) is 20.2 Å². The van der Waals surface area contributed by atoms with Gasteiger partial charge in [0, 0.05) is 38.6 Å². The number of hydrogen-bond acceptors (Lipinski definition) is 6. The first-order chi connectivity index (χ1) is 9.68. The molecule has 0 spiro atoms. The molecule has 1 amide bonds. The molecule has 0 atom stereocenters. The van der Waals surface area contributed by atoms with Gasteiger partial charge in [0.1, 0.15) is 0 Å². The molecule has 20 heavy (non-hydrogen) atoms. The maximum atomic E-state index is 11.9. The lowest BCUT2D eigenvalue weighted by Gasteiger charge is -2.26. The molecule has 0 radical (unpaired) electrons. The lowest BCUT2D eigenvalue weighted by Crippen LogP contribution is -2.41. The molecule has 1 aliphatic rings. The van der Waals surface area contributed by atoms with Gasteiger partial charge in [-0.05, 0) is 0 Å². The predicted octanol–water partition coefficient (Wildman–Crippen LogP) is -0.763. The Kier molecular flexibility index (Phi) is 4.97. The van der Waals surface area contributed by atoms with Crippen LogP contribution in [0, 0.1) is 0 Å². The SMILES string of the molecule is O=C(O)c1nccnc1C(=O)NCCN1CCOCC1. The van der Waals surface area contributed by atoms with Crippen molar-refractivity contribution < 1.29 is 19.4 Å². The van der Waals surface area contributed by atoms with Crippen molar-refractivity contribution in [1.29, 1.82) is 0 Å². The molecule has 0 unspecified atom stereocenters. The van der Waals surface area contributed by atoms with E-state index < -0.39 is 11.9 Å². The molecule has 1 aromatic rings. The summed E-state index contributed by atoms with van der Waals surface area (Å²) in [5, 5.41) is 11.6. The van der Waals surface area contributed by atoms with Gasteiger partial charge >= 0.3 is 5.97 Å². The highest BCUT2D eigenvalue weighted by Crippen LogP contribution is 2.01. The lowest BCUT2D eigenvalue weighted by atomic mass is 10.3. The molecule has 0 aromatic carbocycles. The van der Waals surface area contributed by atoms with Crippen LogP contribution >= 0.6 is 0 Å². The topological polar surface area (TPSA) is 105 Å². The summed E-state index contributed by atoms with van der Waals surface area (Å²) in [6, 6.07) is 0. The van der Waals surface area contributed by atoms with Gasteiger partial charge in [0.05, 0.1) is 13.2 Å². The normalized spacial score (nSPS) is 15.8. The highest BCUT2D eigenvalue weighted by atomic mass is 16.5. The van der Waals surface area contributed by atoms with Crippen LogP contribution in [0.3, 0.4) is 0 Å². The van der Waals surface area contributed by atoms with E-state index in [0.29, 0.717) is 26.3 Å². The third-order valence-corrected chi connectivity index (χ3v) is 2.93. The Labute approximate surface area is 115 Å². The minimum Gasteiger partial charge on any atom is -0.476 e. The zero-order valence-electron chi connectivity index (χ0n) is 10.9. The van der Waals surface area contributed by atoms with Crippen molar-refractivity contribution in [3.05, 3.63) is 23.8 Å². The van der Waals surface area contributed by atoms with Gasteiger partial charge in [0.15, 0.2) is 11.4 Å². The monoisotopic (exact) mass is 280 g/mol. The van der Waals surface area contributed by atoms with E-state index in [2.05, 4.69) is 20.2 Å². The number of ether oxygens (including phenoxy) is 1. The van der Waals surface area contributed by atoms with Gasteiger partial charge in [-0.1, -0.05) is 0 Å². The molecule has 8 heteroatoms. The van der Waals surface area contributed by atoms with Crippen LogP contribution in [0.1, 0.15) is 21.0 Å². The molecule has 0 saturated carbocycles. The first kappa shape index (κ1) is 14.4. The van der Waals surface area contributed by atoms with Gasteiger partial charge in [-0.25, -0.2) is 14.8 Å². The standard InChI is InChI=1S/C12H16N4O4/c17-11(9-10(12(18)19)14-2-1-13-9)15-3-4-16-5-7-20-8-6-16/h1-2H,3-8H2,(H,15,17)(H,18,19). The van der Waals surface area contributed by atoms with Crippen LogP contribution < -0.4 is 5.32 Å². The smallest absolute Gasteiger partial charge is 0.356 e. The van der Waals surface area contributed by atoms with E-state index in [4.69, 9.17) is 9.84 Å². The van der Waals surface area contributed by atoms with Gasteiger partial charge < -0.3 is 15.2 Å². The van der Waals surface area contributed by atoms with E-state index in [0.717, 1.165) is 13.1 Å². The van der Waals surface area contributed by atoms with Gasteiger partial charge in [-0.2, -0.15) is 0 Å². The van der Waals surface area contributed by atoms with Crippen LogP contribution in [-0.4, -0.2) is 71.2 Å². The van der Waals surface area contributed by atoms with Crippen molar-refractivity contribution in [2.24, 2.45) is 0 Å². The maximum Gasteiger partial charge on any atom is 0.356 e. The van der Waals surface area contributed by atoms with Gasteiger partial charge in [0.2, 0.25) is 0 Å². The quantitative estimate of drug-likeness (QED) is 0.730. The van der Waals surface area contributed by atoms with Crippen molar-refractivity contribution in [2.45, 2.75) is 0 Å². The fraction of sp³-hybridized carbons (Fsp3) is 0.500. The molecule has 0 aliphatic carbocycles. The Morgan fingerprint density at radius 2 is 1.90 bits per heavy atom. The molecule has 1 fully saturated rings. The molecular formula is C12H16N4O4. The lowest BCUT2D eigenvalue weighted by molar-refractivity contribution is 0.0383. The number of nitrogens with one attached hydrogen (secondary N) is 1. The number of rotatable bonds is 5. The van der Waals surface area contributed by atoms with Crippen LogP contribution in [0.25, 0.3) is 0 Å². The van der Waals surface area contributed by atoms with Gasteiger partial charge in [0.25, 0.3) is 5.91 Å². The molecule has 2 heterocycles. The van der Waals surface area contributed by atoms with Crippen molar-refractivity contribution in [2.75, 3.05) is 39.4 Å². The second-order valence-corrected chi connectivity index (χ2v) is 4.27. The summed E-state index contributed by atoms with van der Waals surface area (Å²) in [5.41, 5.74) is -0.502. The molecular weight excluding hydrogens is 264 g/mol. The van der Waals surface area contributed by atoms with E-state index >= 15 is 0 Å². The summed E-state index contributed by atoms with van der Waals surface area (Å²) in [6.07, 6.45) is 2.54. The number of amides is 1. The maximum absolute atomic E-state index is 11.9. The van der Waals surface area contributed by atoms with Crippen molar-refractivity contribution >= 4 is 11.9 Å². The number of morpholine rings is 1. The molecule has 1 aromatic heterocycles. The van der Waals surface area contributed by atoms with Crippen LogP contribution in [-0.2, 0) is 4.74 Å². The molecule has 108 valence electrons. The Hall–Kier alpha value is -2.06. The summed E-state index contributed by atoms with van der Waals surface area (Å²) in [6.45, 7) is 4.18. The molecule has 2 rings (SSSR count). The number of nitrogens with zero attached hydrogens (tertiary/aromatic N) is 3. The zero-order chi connectivity index (χ0) is 14.4. The van der Waals surface area contributed by atoms with Crippen LogP contribution in [0.2, 0.25) is 0 Å². The minimum absolute atomic E-state index is 0.165. The molecule has 8 nitrogen and oxygen atoms in total. The third kappa shape index (κ3) is 3.72. The number of carboxylic acid groups (broad SMARTS) is 1. The number of hydrogen-bond donors (Lipinski definition) is 2. The minimum atomic E-state index is -1.27. The van der Waals surface area contributed by atoms with Crippen LogP contribution in [0.15, 0.2) is 12.4 Å². The Bertz CT molecular complexity index is 488. The number of aromatic nitrogens is 2. The van der Waals surface area contributed by atoms with Crippen LogP contribution in [0.4, 0.5) is 0 Å². The van der Waals surface area contributed by atoms with Gasteiger partial charge in [-0.15, -0.1) is 0 Å². The zero-order valence-corrected chi connectivity index (χ0v) is 10.9. The average molecular weight is 280 g/mol. The Morgan fingerprint density at radius 3 is 2.55 bits per heavy atom. The van der Waals surface area contributed by atoms with Crippen molar-refractivity contribution in [3.63, 3.8) is 0 Å². The first-order valence-corrected chi connectivity index (χ1v) is 6.31. The molecule has 2 N–H and O–H groups in total. The second kappa shape index (κ2) is 6.92. The van der Waals surface area contributed by atoms with E-state index in [1.807, 2.05) is 0 Å². The van der Waals surface area contributed by atoms with E-state index in [9.17, 15) is 9.59 Å². The molecule has 0 bridgehead atoms. The molecule has 1 aliphatic heterocycles. The first-order valence-electron chi connectivity index (χ1n) is 6.31. The average Bonchev–Trinajstić information content (AvgIpc) is 2.48. The van der Waals surface area contributed by atoms with Gasteiger partial charge in [-0.3, -0.25) is 9.69 Å². The number of carbonyl (C=O) groups is 2. The van der Waals surface area contributed by atoms with E-state index in [1.54, 1.807) is 0 Å². The van der Waals surface area contributed by atoms with Crippen LogP contribution in [0.5, 0.6) is 0 Å². The highest BCUT2D eigenvalue weighted by molar-refractivity contribution is 6.01. The number of carboxylic acids is 1. The Morgan fingerprint density at radius 1 is 1.25 bits per heavy atom. The fourth-order valence-corrected chi connectivity index (χ4v) is 1.90. The summed E-state index contributed by atoms with van der Waals surface area (Å²) in [7, 11) is 0. The van der Waals surface area contributed by atoms with Crippen molar-refractivity contribution in [3.8, 4) is 0 Å². The third-order valence-electron chi connectivity index (χ3n) is 2.93. The Balaban J connectivity index is 1.87. The molecule has 1 saturated heterocycles. The van der Waals surface area contributed by atoms with E-state index in [1.165, 1.54) is 12.4 Å². The highest BCUT2D eigenvalue weighted by Gasteiger charge is 2.19.